The van der Waals surface area contributed by atoms with Gasteiger partial charge in [0.2, 0.25) is 5.56 Å². The van der Waals surface area contributed by atoms with E-state index in [0.717, 1.165) is 51.8 Å². The van der Waals surface area contributed by atoms with E-state index in [-0.39, 0.29) is 11.7 Å². The lowest BCUT2D eigenvalue weighted by atomic mass is 9.98. The minimum absolute atomic E-state index is 0.122. The summed E-state index contributed by atoms with van der Waals surface area (Å²) in [6.07, 6.45) is 3.95. The Hall–Kier alpha value is -3.88. The smallest absolute Gasteiger partial charge is 0.249 e. The third kappa shape index (κ3) is 4.65. The van der Waals surface area contributed by atoms with Crippen molar-refractivity contribution in [2.45, 2.75) is 19.1 Å². The van der Waals surface area contributed by atoms with E-state index in [2.05, 4.69) is 31.2 Å². The third-order valence-electron chi connectivity index (χ3n) is 6.41. The van der Waals surface area contributed by atoms with Crippen molar-refractivity contribution in [1.29, 1.82) is 0 Å². The molecule has 2 N–H and O–H groups in total. The number of ether oxygens (including phenoxy) is 2. The molecule has 6 rings (SSSR count). The Morgan fingerprint density at radius 2 is 2.08 bits per heavy atom. The standard InChI is InChI=1S/C27H24ClN5O3/c28-24-3-1-2-20(32-24)15-31-19-4-5-22-18(13-19)12-17-6-8-30-26(27(17)36-22)23-16-33(10-11-35-23)21-7-9-29-25(34)14-21/h1-9,13-14,23,31H,10-12,15-16H2,(H,29,34). The molecule has 3 aromatic heterocycles. The summed E-state index contributed by atoms with van der Waals surface area (Å²) in [7, 11) is 0. The Morgan fingerprint density at radius 1 is 1.14 bits per heavy atom. The number of halogens is 1. The van der Waals surface area contributed by atoms with Crippen LogP contribution in [0.2, 0.25) is 5.15 Å². The molecule has 1 aromatic carbocycles. The molecule has 182 valence electrons. The molecular formula is C27H24ClN5O3. The first-order chi connectivity index (χ1) is 17.6. The van der Waals surface area contributed by atoms with E-state index in [1.807, 2.05) is 42.6 Å². The zero-order valence-corrected chi connectivity index (χ0v) is 20.2. The summed E-state index contributed by atoms with van der Waals surface area (Å²) in [4.78, 5) is 25.6. The van der Waals surface area contributed by atoms with E-state index in [1.54, 1.807) is 18.3 Å². The summed E-state index contributed by atoms with van der Waals surface area (Å²) in [5, 5.41) is 3.89. The van der Waals surface area contributed by atoms with Crippen LogP contribution < -0.4 is 20.5 Å². The highest BCUT2D eigenvalue weighted by Crippen LogP contribution is 2.42. The number of hydrogen-bond acceptors (Lipinski definition) is 7. The van der Waals surface area contributed by atoms with Gasteiger partial charge < -0.3 is 24.7 Å². The molecule has 2 aliphatic heterocycles. The average Bonchev–Trinajstić information content (AvgIpc) is 2.90. The van der Waals surface area contributed by atoms with E-state index in [4.69, 9.17) is 21.1 Å². The normalized spacial score (nSPS) is 16.6. The van der Waals surface area contributed by atoms with Crippen molar-refractivity contribution in [3.63, 3.8) is 0 Å². The van der Waals surface area contributed by atoms with Crippen LogP contribution in [0, 0.1) is 0 Å². The number of H-pyrrole nitrogens is 1. The van der Waals surface area contributed by atoms with Gasteiger partial charge in [-0.15, -0.1) is 0 Å². The number of aromatic amines is 1. The Bertz CT molecular complexity index is 1470. The van der Waals surface area contributed by atoms with Crippen LogP contribution in [0.3, 0.4) is 0 Å². The molecule has 5 heterocycles. The number of morpholine rings is 1. The molecule has 0 saturated carbocycles. The predicted octanol–water partition coefficient (Wildman–Crippen LogP) is 4.70. The Balaban J connectivity index is 1.20. The van der Waals surface area contributed by atoms with Crippen LogP contribution in [0.15, 0.2) is 71.8 Å². The van der Waals surface area contributed by atoms with Gasteiger partial charge in [0.05, 0.1) is 25.4 Å². The number of aromatic nitrogens is 3. The van der Waals surface area contributed by atoms with Crippen molar-refractivity contribution in [3.05, 3.63) is 105 Å². The van der Waals surface area contributed by atoms with E-state index >= 15 is 0 Å². The Labute approximate surface area is 212 Å². The minimum atomic E-state index is -0.263. The average molecular weight is 502 g/mol. The fourth-order valence-electron chi connectivity index (χ4n) is 4.66. The van der Waals surface area contributed by atoms with Crippen molar-refractivity contribution < 1.29 is 9.47 Å². The lowest BCUT2D eigenvalue weighted by Crippen LogP contribution is -2.39. The molecule has 0 bridgehead atoms. The number of nitrogens with zero attached hydrogens (tertiary/aromatic N) is 3. The second-order valence-corrected chi connectivity index (χ2v) is 9.19. The molecule has 9 heteroatoms. The van der Waals surface area contributed by atoms with E-state index in [0.29, 0.717) is 31.4 Å². The molecule has 0 aliphatic carbocycles. The number of nitrogens with one attached hydrogen (secondary N) is 2. The van der Waals surface area contributed by atoms with Crippen LogP contribution in [0.25, 0.3) is 0 Å². The van der Waals surface area contributed by atoms with E-state index < -0.39 is 0 Å². The summed E-state index contributed by atoms with van der Waals surface area (Å²) in [5.41, 5.74) is 5.55. The monoisotopic (exact) mass is 501 g/mol. The molecule has 8 nitrogen and oxygen atoms in total. The number of benzene rings is 1. The van der Waals surface area contributed by atoms with Crippen molar-refractivity contribution in [2.75, 3.05) is 29.9 Å². The number of fused-ring (bicyclic) bond motifs is 2. The van der Waals surface area contributed by atoms with E-state index in [9.17, 15) is 4.79 Å². The molecule has 1 unspecified atom stereocenters. The van der Waals surface area contributed by atoms with Crippen LogP contribution in [0.1, 0.15) is 28.6 Å². The molecule has 0 radical (unpaired) electrons. The van der Waals surface area contributed by atoms with Gasteiger partial charge in [0.25, 0.3) is 0 Å². The first kappa shape index (κ1) is 22.6. The van der Waals surface area contributed by atoms with Gasteiger partial charge in [-0.1, -0.05) is 17.7 Å². The lowest BCUT2D eigenvalue weighted by Gasteiger charge is -2.35. The highest BCUT2D eigenvalue weighted by molar-refractivity contribution is 6.29. The van der Waals surface area contributed by atoms with Gasteiger partial charge in [-0.2, -0.15) is 0 Å². The summed E-state index contributed by atoms with van der Waals surface area (Å²) in [6.45, 7) is 2.41. The quantitative estimate of drug-likeness (QED) is 0.337. The zero-order chi connectivity index (χ0) is 24.5. The molecule has 1 atom stereocenters. The SMILES string of the molecule is O=c1cc(N2CCOC(c3nccc4c3Oc3ccc(NCc5cccc(Cl)n5)cc3C4)C2)cc[nH]1. The van der Waals surface area contributed by atoms with Crippen LogP contribution >= 0.6 is 11.6 Å². The fraction of sp³-hybridized carbons (Fsp3) is 0.222. The number of pyridine rings is 3. The third-order valence-corrected chi connectivity index (χ3v) is 6.62. The first-order valence-corrected chi connectivity index (χ1v) is 12.2. The number of anilines is 2. The van der Waals surface area contributed by atoms with Gasteiger partial charge in [0.1, 0.15) is 22.7 Å². The van der Waals surface area contributed by atoms with Crippen molar-refractivity contribution in [3.8, 4) is 11.5 Å². The molecular weight excluding hydrogens is 478 g/mol. The summed E-state index contributed by atoms with van der Waals surface area (Å²) < 4.78 is 12.5. The summed E-state index contributed by atoms with van der Waals surface area (Å²) in [5.74, 6) is 1.57. The van der Waals surface area contributed by atoms with Gasteiger partial charge in [0.15, 0.2) is 5.75 Å². The minimum Gasteiger partial charge on any atom is -0.455 e. The maximum absolute atomic E-state index is 11.8. The lowest BCUT2D eigenvalue weighted by molar-refractivity contribution is 0.0355. The molecule has 0 spiro atoms. The predicted molar refractivity (Wildman–Crippen MR) is 138 cm³/mol. The van der Waals surface area contributed by atoms with Crippen LogP contribution in [0.4, 0.5) is 11.4 Å². The summed E-state index contributed by atoms with van der Waals surface area (Å²) >= 11 is 6.00. The fourth-order valence-corrected chi connectivity index (χ4v) is 4.84. The topological polar surface area (TPSA) is 92.4 Å². The van der Waals surface area contributed by atoms with E-state index in [1.165, 1.54) is 0 Å². The largest absolute Gasteiger partial charge is 0.455 e. The van der Waals surface area contributed by atoms with Crippen LogP contribution in [-0.4, -0.2) is 34.6 Å². The second-order valence-electron chi connectivity index (χ2n) is 8.81. The molecule has 4 aromatic rings. The maximum Gasteiger partial charge on any atom is 0.249 e. The van der Waals surface area contributed by atoms with Crippen molar-refractivity contribution in [2.24, 2.45) is 0 Å². The van der Waals surface area contributed by atoms with Gasteiger partial charge in [-0.25, -0.2) is 4.98 Å². The highest BCUT2D eigenvalue weighted by Gasteiger charge is 2.30. The Morgan fingerprint density at radius 3 is 2.97 bits per heavy atom. The van der Waals surface area contributed by atoms with Crippen LogP contribution in [0.5, 0.6) is 11.5 Å². The van der Waals surface area contributed by atoms with Gasteiger partial charge >= 0.3 is 0 Å². The molecule has 2 aliphatic rings. The number of hydrogen-bond donors (Lipinski definition) is 2. The number of rotatable bonds is 5. The summed E-state index contributed by atoms with van der Waals surface area (Å²) in [6, 6.07) is 17.2. The first-order valence-electron chi connectivity index (χ1n) is 11.8. The zero-order valence-electron chi connectivity index (χ0n) is 19.4. The van der Waals surface area contributed by atoms with Gasteiger partial charge in [0, 0.05) is 53.9 Å². The van der Waals surface area contributed by atoms with Gasteiger partial charge in [-0.3, -0.25) is 9.78 Å². The van der Waals surface area contributed by atoms with Crippen molar-refractivity contribution >= 4 is 23.0 Å². The molecule has 0 amide bonds. The molecule has 1 saturated heterocycles. The molecule has 36 heavy (non-hydrogen) atoms. The van der Waals surface area contributed by atoms with Crippen LogP contribution in [-0.2, 0) is 17.7 Å². The van der Waals surface area contributed by atoms with Crippen molar-refractivity contribution in [1.82, 2.24) is 15.0 Å². The second kappa shape index (κ2) is 9.64. The van der Waals surface area contributed by atoms with Gasteiger partial charge in [-0.05, 0) is 42.5 Å². The maximum atomic E-state index is 11.8. The molecule has 1 fully saturated rings. The Kier molecular flexibility index (Phi) is 6.04. The highest BCUT2D eigenvalue weighted by atomic mass is 35.5.